The lowest BCUT2D eigenvalue weighted by Crippen LogP contribution is -2.24. The summed E-state index contributed by atoms with van der Waals surface area (Å²) in [6.45, 7) is 1.33. The van der Waals surface area contributed by atoms with E-state index in [1.165, 1.54) is 26.9 Å². The summed E-state index contributed by atoms with van der Waals surface area (Å²) in [5, 5.41) is 3.72. The van der Waals surface area contributed by atoms with Crippen LogP contribution in [0.3, 0.4) is 0 Å². The Labute approximate surface area is 222 Å². The molecule has 1 N–H and O–H groups in total. The van der Waals surface area contributed by atoms with Gasteiger partial charge in [-0.1, -0.05) is 42.3 Å². The quantitative estimate of drug-likeness (QED) is 0.235. The molecular weight excluding hydrogens is 490 g/mol. The summed E-state index contributed by atoms with van der Waals surface area (Å²) in [4.78, 5) is 17.6. The summed E-state index contributed by atoms with van der Waals surface area (Å²) >= 11 is 6.06. The molecule has 0 aliphatic heterocycles. The standard InChI is InChI=1S/C29H32ClN3O4/c1-35-25-17-21(18-26(36-2)28(25)37-3)29(34)31-16-8-4-5-11-27-32-23-9-6-7-10-24(23)33(27)19-20-12-14-22(30)15-13-20/h6-7,9-10,12-15,17-18H,4-5,8,11,16,19H2,1-3H3,(H,31,34). The van der Waals surface area contributed by atoms with E-state index in [1.54, 1.807) is 12.1 Å². The number of rotatable bonds is 12. The van der Waals surface area contributed by atoms with Gasteiger partial charge >= 0.3 is 0 Å². The first kappa shape index (κ1) is 26.4. The van der Waals surface area contributed by atoms with Gasteiger partial charge in [0, 0.05) is 30.1 Å². The van der Waals surface area contributed by atoms with Crippen LogP contribution in [0.25, 0.3) is 11.0 Å². The van der Waals surface area contributed by atoms with Gasteiger partial charge in [-0.25, -0.2) is 4.98 Å². The molecule has 0 atom stereocenters. The summed E-state index contributed by atoms with van der Waals surface area (Å²) in [7, 11) is 4.60. The van der Waals surface area contributed by atoms with Gasteiger partial charge in [0.05, 0.1) is 32.4 Å². The zero-order valence-electron chi connectivity index (χ0n) is 21.4. The molecule has 0 aliphatic carbocycles. The lowest BCUT2D eigenvalue weighted by Gasteiger charge is -2.14. The van der Waals surface area contributed by atoms with Gasteiger partial charge in [-0.3, -0.25) is 4.79 Å². The molecule has 0 spiro atoms. The molecule has 7 nitrogen and oxygen atoms in total. The Kier molecular flexibility index (Phi) is 8.90. The zero-order chi connectivity index (χ0) is 26.2. The molecule has 0 bridgehead atoms. The van der Waals surface area contributed by atoms with Crippen LogP contribution >= 0.6 is 11.6 Å². The molecule has 1 amide bonds. The number of nitrogens with one attached hydrogen (secondary N) is 1. The van der Waals surface area contributed by atoms with Gasteiger partial charge in [0.2, 0.25) is 5.75 Å². The zero-order valence-corrected chi connectivity index (χ0v) is 22.2. The Morgan fingerprint density at radius 1 is 0.919 bits per heavy atom. The number of aryl methyl sites for hydroxylation is 1. The summed E-state index contributed by atoms with van der Waals surface area (Å²) in [6.07, 6.45) is 3.68. The van der Waals surface area contributed by atoms with Crippen LogP contribution in [-0.2, 0) is 13.0 Å². The molecule has 194 valence electrons. The second-order valence-corrected chi connectivity index (χ2v) is 9.15. The summed E-state index contributed by atoms with van der Waals surface area (Å²) in [5.74, 6) is 2.26. The number of hydrogen-bond acceptors (Lipinski definition) is 5. The van der Waals surface area contributed by atoms with Crippen molar-refractivity contribution in [2.75, 3.05) is 27.9 Å². The number of carbonyl (C=O) groups excluding carboxylic acids is 1. The van der Waals surface area contributed by atoms with Crippen molar-refractivity contribution < 1.29 is 19.0 Å². The monoisotopic (exact) mass is 521 g/mol. The van der Waals surface area contributed by atoms with E-state index in [2.05, 4.69) is 34.1 Å². The van der Waals surface area contributed by atoms with Crippen LogP contribution in [0.1, 0.15) is 41.0 Å². The molecule has 0 saturated heterocycles. The second-order valence-electron chi connectivity index (χ2n) is 8.71. The molecule has 0 aliphatic rings. The van der Waals surface area contributed by atoms with Gasteiger partial charge in [-0.15, -0.1) is 0 Å². The average molecular weight is 522 g/mol. The van der Waals surface area contributed by atoms with Crippen LogP contribution in [0, 0.1) is 0 Å². The van der Waals surface area contributed by atoms with Crippen LogP contribution in [0.2, 0.25) is 5.02 Å². The smallest absolute Gasteiger partial charge is 0.251 e. The molecule has 0 radical (unpaired) electrons. The van der Waals surface area contributed by atoms with Crippen molar-refractivity contribution in [2.24, 2.45) is 0 Å². The first-order valence-corrected chi connectivity index (χ1v) is 12.7. The second kappa shape index (κ2) is 12.5. The van der Waals surface area contributed by atoms with Gasteiger partial charge in [0.25, 0.3) is 5.91 Å². The Hall–Kier alpha value is -3.71. The Balaban J connectivity index is 1.32. The fourth-order valence-corrected chi connectivity index (χ4v) is 4.49. The van der Waals surface area contributed by atoms with Crippen molar-refractivity contribution >= 4 is 28.5 Å². The normalized spacial score (nSPS) is 10.9. The molecule has 37 heavy (non-hydrogen) atoms. The number of aromatic nitrogens is 2. The third kappa shape index (κ3) is 6.35. The maximum atomic E-state index is 12.7. The number of methoxy groups -OCH3 is 3. The highest BCUT2D eigenvalue weighted by atomic mass is 35.5. The lowest BCUT2D eigenvalue weighted by atomic mass is 10.1. The van der Waals surface area contributed by atoms with E-state index in [1.807, 2.05) is 24.3 Å². The van der Waals surface area contributed by atoms with Crippen LogP contribution in [-0.4, -0.2) is 43.3 Å². The highest BCUT2D eigenvalue weighted by molar-refractivity contribution is 6.30. The van der Waals surface area contributed by atoms with Crippen molar-refractivity contribution in [3.8, 4) is 17.2 Å². The molecule has 1 heterocycles. The van der Waals surface area contributed by atoms with E-state index < -0.39 is 0 Å². The number of amides is 1. The highest BCUT2D eigenvalue weighted by Gasteiger charge is 2.17. The van der Waals surface area contributed by atoms with Crippen LogP contribution in [0.4, 0.5) is 0 Å². The Morgan fingerprint density at radius 2 is 1.62 bits per heavy atom. The van der Waals surface area contributed by atoms with Crippen molar-refractivity contribution in [3.63, 3.8) is 0 Å². The van der Waals surface area contributed by atoms with E-state index in [4.69, 9.17) is 30.8 Å². The molecular formula is C29H32ClN3O4. The molecule has 1 aromatic heterocycles. The Bertz CT molecular complexity index is 1330. The molecule has 0 fully saturated rings. The number of ether oxygens (including phenoxy) is 3. The van der Waals surface area contributed by atoms with E-state index in [0.717, 1.165) is 54.1 Å². The molecule has 8 heteroatoms. The lowest BCUT2D eigenvalue weighted by molar-refractivity contribution is 0.0952. The summed E-state index contributed by atoms with van der Waals surface area (Å²) < 4.78 is 18.3. The summed E-state index contributed by atoms with van der Waals surface area (Å²) in [6, 6.07) is 19.5. The third-order valence-corrected chi connectivity index (χ3v) is 6.53. The number of hydrogen-bond donors (Lipinski definition) is 1. The fourth-order valence-electron chi connectivity index (χ4n) is 4.37. The van der Waals surface area contributed by atoms with E-state index in [-0.39, 0.29) is 5.91 Å². The van der Waals surface area contributed by atoms with Crippen molar-refractivity contribution in [3.05, 3.63) is 82.6 Å². The van der Waals surface area contributed by atoms with Gasteiger partial charge in [0.15, 0.2) is 11.5 Å². The van der Waals surface area contributed by atoms with E-state index in [9.17, 15) is 4.79 Å². The average Bonchev–Trinajstić information content (AvgIpc) is 3.27. The largest absolute Gasteiger partial charge is 0.493 e. The minimum absolute atomic E-state index is 0.177. The first-order valence-electron chi connectivity index (χ1n) is 12.3. The fraction of sp³-hybridized carbons (Fsp3) is 0.310. The first-order chi connectivity index (χ1) is 18.0. The maximum absolute atomic E-state index is 12.7. The van der Waals surface area contributed by atoms with Crippen LogP contribution < -0.4 is 19.5 Å². The highest BCUT2D eigenvalue weighted by Crippen LogP contribution is 2.38. The molecule has 4 rings (SSSR count). The predicted octanol–water partition coefficient (Wildman–Crippen LogP) is 5.91. The number of benzene rings is 3. The topological polar surface area (TPSA) is 74.6 Å². The van der Waals surface area contributed by atoms with E-state index in [0.29, 0.717) is 29.4 Å². The Morgan fingerprint density at radius 3 is 2.30 bits per heavy atom. The van der Waals surface area contributed by atoms with Crippen molar-refractivity contribution in [1.29, 1.82) is 0 Å². The van der Waals surface area contributed by atoms with Crippen molar-refractivity contribution in [2.45, 2.75) is 32.2 Å². The number of unbranched alkanes of at least 4 members (excludes halogenated alkanes) is 2. The van der Waals surface area contributed by atoms with Crippen LogP contribution in [0.5, 0.6) is 17.2 Å². The molecule has 3 aromatic carbocycles. The van der Waals surface area contributed by atoms with Gasteiger partial charge in [-0.05, 0) is 54.8 Å². The molecule has 4 aromatic rings. The van der Waals surface area contributed by atoms with Gasteiger partial charge < -0.3 is 24.1 Å². The number of nitrogens with zero attached hydrogens (tertiary/aromatic N) is 2. The number of fused-ring (bicyclic) bond motifs is 1. The van der Waals surface area contributed by atoms with Crippen LogP contribution in [0.15, 0.2) is 60.7 Å². The van der Waals surface area contributed by atoms with Gasteiger partial charge in [0.1, 0.15) is 5.82 Å². The number of imidazole rings is 1. The predicted molar refractivity (Wildman–Crippen MR) is 146 cm³/mol. The summed E-state index contributed by atoms with van der Waals surface area (Å²) in [5.41, 5.74) is 3.78. The molecule has 0 unspecified atom stereocenters. The maximum Gasteiger partial charge on any atom is 0.251 e. The molecule has 0 saturated carbocycles. The number of halogens is 1. The number of carbonyl (C=O) groups is 1. The van der Waals surface area contributed by atoms with E-state index >= 15 is 0 Å². The minimum atomic E-state index is -0.177. The number of para-hydroxylation sites is 2. The third-order valence-electron chi connectivity index (χ3n) is 6.28. The van der Waals surface area contributed by atoms with Gasteiger partial charge in [-0.2, -0.15) is 0 Å². The SMILES string of the molecule is COc1cc(C(=O)NCCCCCc2nc3ccccc3n2Cc2ccc(Cl)cc2)cc(OC)c1OC. The minimum Gasteiger partial charge on any atom is -0.493 e. The van der Waals surface area contributed by atoms with Crippen molar-refractivity contribution in [1.82, 2.24) is 14.9 Å².